The average molecular weight is 298 g/mol. The zero-order valence-corrected chi connectivity index (χ0v) is 12.4. The summed E-state index contributed by atoms with van der Waals surface area (Å²) in [6.07, 6.45) is 2.86. The summed E-state index contributed by atoms with van der Waals surface area (Å²) in [5.41, 5.74) is -0.00627. The molecule has 1 aromatic heterocycles. The van der Waals surface area contributed by atoms with Crippen molar-refractivity contribution in [2.45, 2.75) is 20.4 Å². The third-order valence-corrected chi connectivity index (χ3v) is 2.88. The van der Waals surface area contributed by atoms with Gasteiger partial charge in [-0.1, -0.05) is 0 Å². The molecule has 1 aromatic rings. The number of likely N-dealkylation sites (N-methyl/N-ethyl adjacent to an activating group) is 1. The fraction of sp³-hybridized carbons (Fsp3) is 0.615. The summed E-state index contributed by atoms with van der Waals surface area (Å²) in [7, 11) is 0. The van der Waals surface area contributed by atoms with Gasteiger partial charge in [0.05, 0.1) is 12.9 Å². The predicted octanol–water partition coefficient (Wildman–Crippen LogP) is 0.649. The first kappa shape index (κ1) is 17.0. The molecule has 0 bridgehead atoms. The number of carbonyl (C=O) groups excluding carboxylic acids is 1. The molecule has 0 fully saturated rings. The Balaban J connectivity index is 2.32. The molecular formula is C13H22N4O4. The van der Waals surface area contributed by atoms with Gasteiger partial charge in [0.25, 0.3) is 0 Å². The molecule has 2 amide bonds. The topological polar surface area (TPSA) is 96.7 Å². The minimum Gasteiger partial charge on any atom is -0.476 e. The fourth-order valence-electron chi connectivity index (χ4n) is 1.72. The van der Waals surface area contributed by atoms with E-state index in [1.165, 1.54) is 12.5 Å². The van der Waals surface area contributed by atoms with Crippen molar-refractivity contribution in [2.75, 3.05) is 32.8 Å². The van der Waals surface area contributed by atoms with Crippen LogP contribution in [0.2, 0.25) is 0 Å². The van der Waals surface area contributed by atoms with Gasteiger partial charge in [-0.2, -0.15) is 0 Å². The largest absolute Gasteiger partial charge is 0.476 e. The number of rotatable bonds is 9. The van der Waals surface area contributed by atoms with Gasteiger partial charge in [0, 0.05) is 39.0 Å². The highest BCUT2D eigenvalue weighted by Crippen LogP contribution is 1.96. The number of carbonyl (C=O) groups is 2. The van der Waals surface area contributed by atoms with Crippen LogP contribution in [0.4, 0.5) is 4.79 Å². The molecule has 0 unspecified atom stereocenters. The number of ether oxygens (including phenoxy) is 1. The number of aromatic carboxylic acids is 1. The SMILES string of the molecule is CCOCCN(CC)C(=O)NCCn1cnc(C(=O)O)c1. The Morgan fingerprint density at radius 3 is 2.81 bits per heavy atom. The molecule has 21 heavy (non-hydrogen) atoms. The maximum absolute atomic E-state index is 11.9. The molecule has 8 nitrogen and oxygen atoms in total. The van der Waals surface area contributed by atoms with E-state index in [0.717, 1.165) is 0 Å². The molecule has 0 saturated heterocycles. The normalized spacial score (nSPS) is 10.4. The van der Waals surface area contributed by atoms with Crippen molar-refractivity contribution in [3.05, 3.63) is 18.2 Å². The van der Waals surface area contributed by atoms with E-state index in [1.54, 1.807) is 9.47 Å². The predicted molar refractivity (Wildman–Crippen MR) is 76.3 cm³/mol. The number of imidazole rings is 1. The van der Waals surface area contributed by atoms with Crippen molar-refractivity contribution in [3.8, 4) is 0 Å². The number of amides is 2. The quantitative estimate of drug-likeness (QED) is 0.652. The number of nitrogens with one attached hydrogen (secondary N) is 1. The van der Waals surface area contributed by atoms with Crippen LogP contribution in [-0.4, -0.2) is 64.4 Å². The molecule has 0 saturated carbocycles. The number of hydrogen-bond acceptors (Lipinski definition) is 4. The standard InChI is InChI=1S/C13H22N4O4/c1-3-17(7-8-21-4-2)13(20)14-5-6-16-9-11(12(18)19)15-10-16/h9-10H,3-8H2,1-2H3,(H,14,20)(H,18,19). The number of urea groups is 1. The second-order valence-electron chi connectivity index (χ2n) is 4.31. The lowest BCUT2D eigenvalue weighted by Crippen LogP contribution is -2.42. The van der Waals surface area contributed by atoms with Gasteiger partial charge < -0.3 is 24.6 Å². The molecule has 0 atom stereocenters. The van der Waals surface area contributed by atoms with Crippen LogP contribution in [0.15, 0.2) is 12.5 Å². The van der Waals surface area contributed by atoms with Gasteiger partial charge in [0.2, 0.25) is 0 Å². The Morgan fingerprint density at radius 2 is 2.24 bits per heavy atom. The van der Waals surface area contributed by atoms with Crippen LogP contribution < -0.4 is 5.32 Å². The summed E-state index contributed by atoms with van der Waals surface area (Å²) < 4.78 is 6.85. The Labute approximate surface area is 123 Å². The number of aromatic nitrogens is 2. The van der Waals surface area contributed by atoms with Crippen molar-refractivity contribution in [1.29, 1.82) is 0 Å². The van der Waals surface area contributed by atoms with E-state index in [2.05, 4.69) is 10.3 Å². The van der Waals surface area contributed by atoms with Crippen LogP contribution in [0, 0.1) is 0 Å². The van der Waals surface area contributed by atoms with Gasteiger partial charge in [0.15, 0.2) is 5.69 Å². The lowest BCUT2D eigenvalue weighted by Gasteiger charge is -2.21. The molecule has 118 valence electrons. The van der Waals surface area contributed by atoms with E-state index in [1.807, 2.05) is 13.8 Å². The first-order valence-electron chi connectivity index (χ1n) is 6.94. The zero-order chi connectivity index (χ0) is 15.7. The van der Waals surface area contributed by atoms with Gasteiger partial charge in [-0.05, 0) is 13.8 Å². The second-order valence-corrected chi connectivity index (χ2v) is 4.31. The van der Waals surface area contributed by atoms with Crippen LogP contribution in [0.25, 0.3) is 0 Å². The third-order valence-electron chi connectivity index (χ3n) is 2.88. The first-order valence-corrected chi connectivity index (χ1v) is 6.94. The number of hydrogen-bond donors (Lipinski definition) is 2. The lowest BCUT2D eigenvalue weighted by molar-refractivity contribution is 0.0691. The molecule has 0 aliphatic carbocycles. The minimum absolute atomic E-state index is 0.00627. The van der Waals surface area contributed by atoms with Crippen LogP contribution in [0.3, 0.4) is 0 Å². The summed E-state index contributed by atoms with van der Waals surface area (Å²) in [6, 6.07) is -0.157. The van der Waals surface area contributed by atoms with Gasteiger partial charge in [-0.3, -0.25) is 0 Å². The van der Waals surface area contributed by atoms with E-state index in [9.17, 15) is 9.59 Å². The highest BCUT2D eigenvalue weighted by atomic mass is 16.5. The van der Waals surface area contributed by atoms with Crippen molar-refractivity contribution >= 4 is 12.0 Å². The lowest BCUT2D eigenvalue weighted by atomic mass is 10.5. The van der Waals surface area contributed by atoms with Crippen molar-refractivity contribution in [1.82, 2.24) is 19.8 Å². The van der Waals surface area contributed by atoms with Crippen LogP contribution in [-0.2, 0) is 11.3 Å². The molecule has 0 aromatic carbocycles. The van der Waals surface area contributed by atoms with Gasteiger partial charge in [-0.15, -0.1) is 0 Å². The summed E-state index contributed by atoms with van der Waals surface area (Å²) in [4.78, 5) is 28.0. The van der Waals surface area contributed by atoms with Crippen LogP contribution in [0.5, 0.6) is 0 Å². The molecule has 8 heteroatoms. The van der Waals surface area contributed by atoms with E-state index in [4.69, 9.17) is 9.84 Å². The van der Waals surface area contributed by atoms with Gasteiger partial charge >= 0.3 is 12.0 Å². The first-order chi connectivity index (χ1) is 10.1. The van der Waals surface area contributed by atoms with Gasteiger partial charge in [0.1, 0.15) is 0 Å². The van der Waals surface area contributed by atoms with Crippen LogP contribution in [0.1, 0.15) is 24.3 Å². The minimum atomic E-state index is -1.06. The number of carboxylic acid groups (broad SMARTS) is 1. The zero-order valence-electron chi connectivity index (χ0n) is 12.4. The van der Waals surface area contributed by atoms with Crippen molar-refractivity contribution < 1.29 is 19.4 Å². The monoisotopic (exact) mass is 298 g/mol. The molecule has 2 N–H and O–H groups in total. The molecule has 0 aliphatic heterocycles. The number of carboxylic acids is 1. The molecule has 0 radical (unpaired) electrons. The molecule has 0 spiro atoms. The smallest absolute Gasteiger partial charge is 0.356 e. The Morgan fingerprint density at radius 1 is 1.48 bits per heavy atom. The second kappa shape index (κ2) is 8.96. The highest BCUT2D eigenvalue weighted by molar-refractivity contribution is 5.84. The maximum Gasteiger partial charge on any atom is 0.356 e. The average Bonchev–Trinajstić information content (AvgIpc) is 2.92. The number of nitrogens with zero attached hydrogens (tertiary/aromatic N) is 3. The van der Waals surface area contributed by atoms with E-state index in [0.29, 0.717) is 39.4 Å². The van der Waals surface area contributed by atoms with Crippen molar-refractivity contribution in [2.24, 2.45) is 0 Å². The third kappa shape index (κ3) is 5.82. The molecule has 1 heterocycles. The highest BCUT2D eigenvalue weighted by Gasteiger charge is 2.11. The van der Waals surface area contributed by atoms with E-state index < -0.39 is 5.97 Å². The fourth-order valence-corrected chi connectivity index (χ4v) is 1.72. The molecule has 0 aliphatic rings. The maximum atomic E-state index is 11.9. The van der Waals surface area contributed by atoms with E-state index in [-0.39, 0.29) is 11.7 Å². The van der Waals surface area contributed by atoms with Crippen LogP contribution >= 0.6 is 0 Å². The van der Waals surface area contributed by atoms with Gasteiger partial charge in [-0.25, -0.2) is 14.6 Å². The molecular weight excluding hydrogens is 276 g/mol. The summed E-state index contributed by atoms with van der Waals surface area (Å²) in [6.45, 7) is 6.98. The summed E-state index contributed by atoms with van der Waals surface area (Å²) in [5, 5.41) is 11.5. The van der Waals surface area contributed by atoms with Crippen molar-refractivity contribution in [3.63, 3.8) is 0 Å². The Bertz CT molecular complexity index is 461. The molecule has 1 rings (SSSR count). The summed E-state index contributed by atoms with van der Waals surface area (Å²) in [5.74, 6) is -1.06. The summed E-state index contributed by atoms with van der Waals surface area (Å²) >= 11 is 0. The van der Waals surface area contributed by atoms with E-state index >= 15 is 0 Å². The Kier molecular flexibility index (Phi) is 7.24. The Hall–Kier alpha value is -2.09.